The van der Waals surface area contributed by atoms with Crippen LogP contribution in [0.2, 0.25) is 0 Å². The fourth-order valence-electron chi connectivity index (χ4n) is 3.55. The number of ether oxygens (including phenoxy) is 2. The molecule has 160 valence electrons. The minimum atomic E-state index is -0.565. The van der Waals surface area contributed by atoms with Gasteiger partial charge in [-0.25, -0.2) is 0 Å². The van der Waals surface area contributed by atoms with Crippen LogP contribution < -0.4 is 14.8 Å². The maximum Gasteiger partial charge on any atom is 0.161 e. The Bertz CT molecular complexity index is 588. The second kappa shape index (κ2) is 11.0. The fourth-order valence-corrected chi connectivity index (χ4v) is 3.55. The standard InChI is InChI=1S/C22H38N2O4/c1-17(2)24(3)14-19(25)15-28-20-9-8-18(12-21(20)27-4)13-23-16-22(26)10-6-5-7-11-22/h8-9,12,17,19,23,25-26H,5-7,10-11,13-16H2,1-4H3. The van der Waals surface area contributed by atoms with Gasteiger partial charge in [-0.1, -0.05) is 25.3 Å². The van der Waals surface area contributed by atoms with E-state index in [1.54, 1.807) is 7.11 Å². The van der Waals surface area contributed by atoms with E-state index >= 15 is 0 Å². The van der Waals surface area contributed by atoms with E-state index in [1.807, 2.05) is 25.2 Å². The van der Waals surface area contributed by atoms with Gasteiger partial charge in [0.2, 0.25) is 0 Å². The average molecular weight is 395 g/mol. The van der Waals surface area contributed by atoms with Crippen molar-refractivity contribution in [3.05, 3.63) is 23.8 Å². The van der Waals surface area contributed by atoms with Crippen LogP contribution in [0.15, 0.2) is 18.2 Å². The van der Waals surface area contributed by atoms with E-state index in [0.717, 1.165) is 31.2 Å². The number of methoxy groups -OCH3 is 1. The summed E-state index contributed by atoms with van der Waals surface area (Å²) in [6.07, 6.45) is 4.64. The Hall–Kier alpha value is -1.34. The largest absolute Gasteiger partial charge is 0.493 e. The molecule has 2 rings (SSSR count). The van der Waals surface area contributed by atoms with E-state index in [1.165, 1.54) is 6.42 Å². The zero-order chi connectivity index (χ0) is 20.6. The van der Waals surface area contributed by atoms with Gasteiger partial charge in [-0.3, -0.25) is 0 Å². The van der Waals surface area contributed by atoms with Gasteiger partial charge in [0.05, 0.1) is 12.7 Å². The number of rotatable bonds is 11. The van der Waals surface area contributed by atoms with Gasteiger partial charge in [-0.05, 0) is 51.4 Å². The van der Waals surface area contributed by atoms with Gasteiger partial charge in [-0.15, -0.1) is 0 Å². The molecule has 1 aliphatic carbocycles. The number of nitrogens with zero attached hydrogens (tertiary/aromatic N) is 1. The first-order valence-electron chi connectivity index (χ1n) is 10.4. The summed E-state index contributed by atoms with van der Waals surface area (Å²) in [5.74, 6) is 1.28. The van der Waals surface area contributed by atoms with Gasteiger partial charge < -0.3 is 29.9 Å². The van der Waals surface area contributed by atoms with E-state index in [9.17, 15) is 10.2 Å². The third-order valence-corrected chi connectivity index (χ3v) is 5.61. The Morgan fingerprint density at radius 1 is 1.18 bits per heavy atom. The number of likely N-dealkylation sites (N-methyl/N-ethyl adjacent to an activating group) is 1. The van der Waals surface area contributed by atoms with E-state index in [4.69, 9.17) is 9.47 Å². The Morgan fingerprint density at radius 3 is 2.54 bits per heavy atom. The minimum Gasteiger partial charge on any atom is -0.493 e. The number of hydrogen-bond acceptors (Lipinski definition) is 6. The lowest BCUT2D eigenvalue weighted by atomic mass is 9.85. The number of aliphatic hydroxyl groups excluding tert-OH is 1. The summed E-state index contributed by atoms with van der Waals surface area (Å²) in [5, 5.41) is 24.1. The topological polar surface area (TPSA) is 74.2 Å². The van der Waals surface area contributed by atoms with Crippen molar-refractivity contribution in [2.24, 2.45) is 0 Å². The monoisotopic (exact) mass is 394 g/mol. The lowest BCUT2D eigenvalue weighted by Gasteiger charge is -2.32. The van der Waals surface area contributed by atoms with E-state index < -0.39 is 11.7 Å². The Kier molecular flexibility index (Phi) is 9.02. The molecule has 0 spiro atoms. The van der Waals surface area contributed by atoms with Crippen molar-refractivity contribution in [3.8, 4) is 11.5 Å². The second-order valence-electron chi connectivity index (χ2n) is 8.37. The first-order valence-corrected chi connectivity index (χ1v) is 10.4. The van der Waals surface area contributed by atoms with Gasteiger partial charge in [0.1, 0.15) is 12.7 Å². The molecule has 0 heterocycles. The highest BCUT2D eigenvalue weighted by molar-refractivity contribution is 5.43. The molecule has 1 aromatic carbocycles. The van der Waals surface area contributed by atoms with Crippen LogP contribution in [-0.4, -0.2) is 66.7 Å². The van der Waals surface area contributed by atoms with Crippen molar-refractivity contribution in [1.29, 1.82) is 0 Å². The maximum atomic E-state index is 10.6. The molecule has 1 aliphatic rings. The molecule has 0 amide bonds. The molecule has 1 atom stereocenters. The lowest BCUT2D eigenvalue weighted by Crippen LogP contribution is -2.41. The summed E-state index contributed by atoms with van der Waals surface area (Å²) < 4.78 is 11.2. The third kappa shape index (κ3) is 7.24. The lowest BCUT2D eigenvalue weighted by molar-refractivity contribution is 0.00467. The fraction of sp³-hybridized carbons (Fsp3) is 0.727. The number of aliphatic hydroxyl groups is 2. The van der Waals surface area contributed by atoms with Crippen molar-refractivity contribution in [1.82, 2.24) is 10.2 Å². The number of benzene rings is 1. The molecular formula is C22H38N2O4. The molecule has 1 fully saturated rings. The van der Waals surface area contributed by atoms with Crippen LogP contribution >= 0.6 is 0 Å². The summed E-state index contributed by atoms with van der Waals surface area (Å²) in [7, 11) is 3.60. The summed E-state index contributed by atoms with van der Waals surface area (Å²) in [6, 6.07) is 6.19. The van der Waals surface area contributed by atoms with Crippen LogP contribution in [0.5, 0.6) is 11.5 Å². The number of hydrogen-bond donors (Lipinski definition) is 3. The van der Waals surface area contributed by atoms with Gasteiger partial charge in [-0.2, -0.15) is 0 Å². The normalized spacial score (nSPS) is 17.7. The molecule has 1 unspecified atom stereocenters. The predicted octanol–water partition coefficient (Wildman–Crippen LogP) is 2.56. The van der Waals surface area contributed by atoms with Crippen molar-refractivity contribution < 1.29 is 19.7 Å². The first-order chi connectivity index (χ1) is 13.3. The molecule has 3 N–H and O–H groups in total. The number of nitrogens with one attached hydrogen (secondary N) is 1. The molecule has 6 nitrogen and oxygen atoms in total. The van der Waals surface area contributed by atoms with Crippen LogP contribution in [-0.2, 0) is 6.54 Å². The van der Waals surface area contributed by atoms with Crippen LogP contribution in [0.4, 0.5) is 0 Å². The van der Waals surface area contributed by atoms with Crippen LogP contribution in [0.25, 0.3) is 0 Å². The minimum absolute atomic E-state index is 0.220. The predicted molar refractivity (Wildman–Crippen MR) is 112 cm³/mol. The van der Waals surface area contributed by atoms with E-state index in [2.05, 4.69) is 24.1 Å². The molecule has 6 heteroatoms. The molecule has 0 radical (unpaired) electrons. The highest BCUT2D eigenvalue weighted by Gasteiger charge is 2.28. The van der Waals surface area contributed by atoms with Crippen LogP contribution in [0, 0.1) is 0 Å². The van der Waals surface area contributed by atoms with Gasteiger partial charge >= 0.3 is 0 Å². The SMILES string of the molecule is COc1cc(CNCC2(O)CCCCC2)ccc1OCC(O)CN(C)C(C)C. The molecule has 28 heavy (non-hydrogen) atoms. The zero-order valence-corrected chi connectivity index (χ0v) is 17.9. The molecule has 0 aromatic heterocycles. The average Bonchev–Trinajstić information content (AvgIpc) is 2.67. The second-order valence-corrected chi connectivity index (χ2v) is 8.37. The third-order valence-electron chi connectivity index (χ3n) is 5.61. The van der Waals surface area contributed by atoms with E-state index in [0.29, 0.717) is 37.2 Å². The molecule has 0 bridgehead atoms. The van der Waals surface area contributed by atoms with E-state index in [-0.39, 0.29) is 6.61 Å². The summed E-state index contributed by atoms with van der Waals surface area (Å²) >= 11 is 0. The Morgan fingerprint density at radius 2 is 1.89 bits per heavy atom. The Balaban J connectivity index is 1.83. The summed E-state index contributed by atoms with van der Waals surface area (Å²) in [5.41, 5.74) is 0.508. The van der Waals surface area contributed by atoms with Crippen molar-refractivity contribution >= 4 is 0 Å². The maximum absolute atomic E-state index is 10.6. The van der Waals surface area contributed by atoms with Crippen LogP contribution in [0.3, 0.4) is 0 Å². The molecule has 0 saturated heterocycles. The molecule has 1 aromatic rings. The molecule has 0 aliphatic heterocycles. The van der Waals surface area contributed by atoms with Crippen LogP contribution in [0.1, 0.15) is 51.5 Å². The first kappa shape index (κ1) is 22.9. The quantitative estimate of drug-likeness (QED) is 0.536. The van der Waals surface area contributed by atoms with Gasteiger partial charge in [0.15, 0.2) is 11.5 Å². The highest BCUT2D eigenvalue weighted by Crippen LogP contribution is 2.29. The van der Waals surface area contributed by atoms with Gasteiger partial charge in [0, 0.05) is 25.7 Å². The molecular weight excluding hydrogens is 356 g/mol. The molecule has 1 saturated carbocycles. The van der Waals surface area contributed by atoms with Gasteiger partial charge in [0.25, 0.3) is 0 Å². The Labute approximate surface area is 169 Å². The summed E-state index contributed by atoms with van der Waals surface area (Å²) in [4.78, 5) is 2.08. The highest BCUT2D eigenvalue weighted by atomic mass is 16.5. The van der Waals surface area contributed by atoms with Crippen molar-refractivity contribution in [2.75, 3.05) is 33.9 Å². The van der Waals surface area contributed by atoms with Crippen molar-refractivity contribution in [2.45, 2.75) is 70.2 Å². The zero-order valence-electron chi connectivity index (χ0n) is 17.9. The smallest absolute Gasteiger partial charge is 0.161 e. The summed E-state index contributed by atoms with van der Waals surface area (Å²) in [6.45, 7) is 6.25. The van der Waals surface area contributed by atoms with Crippen molar-refractivity contribution in [3.63, 3.8) is 0 Å².